The minimum atomic E-state index is -0.326. The highest BCUT2D eigenvalue weighted by Crippen LogP contribution is 2.42. The molecule has 0 aliphatic heterocycles. The molecule has 0 saturated heterocycles. The third-order valence-electron chi connectivity index (χ3n) is 3.09. The average molecular weight is 250 g/mol. The topological polar surface area (TPSA) is 0 Å². The summed E-state index contributed by atoms with van der Waals surface area (Å²) in [6.07, 6.45) is 8.94. The molecule has 2 aromatic carbocycles. The van der Waals surface area contributed by atoms with Crippen LogP contribution in [0.1, 0.15) is 0 Å². The van der Waals surface area contributed by atoms with Crippen LogP contribution in [-0.2, 0) is 0 Å². The van der Waals surface area contributed by atoms with Crippen molar-refractivity contribution in [2.45, 2.75) is 5.66 Å². The highest BCUT2D eigenvalue weighted by molar-refractivity contribution is 7.74. The molecule has 0 nitrogen and oxygen atoms in total. The van der Waals surface area contributed by atoms with E-state index in [4.69, 9.17) is 0 Å². The molecule has 0 heterocycles. The Kier molecular flexibility index (Phi) is 3.39. The van der Waals surface area contributed by atoms with Crippen LogP contribution in [0.2, 0.25) is 0 Å². The summed E-state index contributed by atoms with van der Waals surface area (Å²) in [5.41, 5.74) is 0.532. The summed E-state index contributed by atoms with van der Waals surface area (Å²) in [6.45, 7) is 0. The molecule has 0 radical (unpaired) electrons. The second-order valence-corrected chi connectivity index (χ2v) is 6.67. The van der Waals surface area contributed by atoms with Gasteiger partial charge in [-0.15, -0.1) is 0 Å². The first-order valence-electron chi connectivity index (χ1n) is 6.19. The molecule has 0 amide bonds. The first-order valence-corrected chi connectivity index (χ1v) is 7.60. The van der Waals surface area contributed by atoms with Gasteiger partial charge in [-0.25, -0.2) is 0 Å². The zero-order chi connectivity index (χ0) is 12.2. The Labute approximate surface area is 109 Å². The van der Waals surface area contributed by atoms with Gasteiger partial charge in [-0.05, 0) is 18.5 Å². The van der Waals surface area contributed by atoms with E-state index >= 15 is 0 Å². The third-order valence-corrected chi connectivity index (χ3v) is 5.74. The third kappa shape index (κ3) is 2.30. The largest absolute Gasteiger partial charge is 0.0727 e. The molecule has 0 N–H and O–H groups in total. The summed E-state index contributed by atoms with van der Waals surface area (Å²) < 4.78 is 0. The van der Waals surface area contributed by atoms with Crippen LogP contribution < -0.4 is 10.6 Å². The zero-order valence-electron chi connectivity index (χ0n) is 10.1. The van der Waals surface area contributed by atoms with E-state index in [1.165, 1.54) is 10.6 Å². The fraction of sp³-hybridized carbons (Fsp3) is 0.0588. The van der Waals surface area contributed by atoms with Gasteiger partial charge in [-0.3, -0.25) is 0 Å². The van der Waals surface area contributed by atoms with Crippen molar-refractivity contribution in [1.82, 2.24) is 0 Å². The van der Waals surface area contributed by atoms with Crippen molar-refractivity contribution < 1.29 is 0 Å². The lowest BCUT2D eigenvalue weighted by Gasteiger charge is -2.22. The quantitative estimate of drug-likeness (QED) is 0.730. The molecule has 0 bridgehead atoms. The van der Waals surface area contributed by atoms with E-state index in [1.807, 2.05) is 0 Å². The molecule has 0 atom stereocenters. The number of hydrogen-bond donors (Lipinski definition) is 0. The van der Waals surface area contributed by atoms with Crippen molar-refractivity contribution in [2.75, 3.05) is 0 Å². The molecule has 2 aromatic rings. The Hall–Kier alpha value is -1.65. The maximum atomic E-state index is 2.31. The Bertz CT molecular complexity index is 503. The van der Waals surface area contributed by atoms with E-state index < -0.39 is 0 Å². The van der Waals surface area contributed by atoms with E-state index in [2.05, 4.69) is 85.0 Å². The second kappa shape index (κ2) is 5.33. The van der Waals surface area contributed by atoms with E-state index in [1.54, 1.807) is 0 Å². The predicted octanol–water partition coefficient (Wildman–Crippen LogP) is 3.61. The smallest absolute Gasteiger partial charge is 0.0237 e. The molecule has 0 saturated carbocycles. The summed E-state index contributed by atoms with van der Waals surface area (Å²) in [4.78, 5) is 0. The van der Waals surface area contributed by atoms with Crippen LogP contribution >= 0.6 is 7.92 Å². The Morgan fingerprint density at radius 2 is 1.06 bits per heavy atom. The fourth-order valence-corrected chi connectivity index (χ4v) is 4.78. The SMILES string of the molecule is C1=CC(P(c2ccccc2)c2ccccc2)C=C1. The predicted molar refractivity (Wildman–Crippen MR) is 81.1 cm³/mol. The van der Waals surface area contributed by atoms with Crippen molar-refractivity contribution in [1.29, 1.82) is 0 Å². The second-order valence-electron chi connectivity index (χ2n) is 4.30. The van der Waals surface area contributed by atoms with Gasteiger partial charge >= 0.3 is 0 Å². The minimum Gasteiger partial charge on any atom is -0.0727 e. The average Bonchev–Trinajstić information content (AvgIpc) is 2.95. The van der Waals surface area contributed by atoms with Gasteiger partial charge in [0.05, 0.1) is 0 Å². The van der Waals surface area contributed by atoms with Gasteiger partial charge < -0.3 is 0 Å². The molecular formula is C17H15P. The summed E-state index contributed by atoms with van der Waals surface area (Å²) in [5.74, 6) is 0. The molecule has 0 fully saturated rings. The lowest BCUT2D eigenvalue weighted by molar-refractivity contribution is 1.45. The lowest BCUT2D eigenvalue weighted by Crippen LogP contribution is -2.18. The Morgan fingerprint density at radius 3 is 1.50 bits per heavy atom. The van der Waals surface area contributed by atoms with Crippen LogP contribution in [0.15, 0.2) is 85.0 Å². The van der Waals surface area contributed by atoms with Crippen LogP contribution in [0.25, 0.3) is 0 Å². The number of hydrogen-bond acceptors (Lipinski definition) is 0. The van der Waals surface area contributed by atoms with Gasteiger partial charge in [-0.2, -0.15) is 0 Å². The minimum absolute atomic E-state index is 0.326. The maximum absolute atomic E-state index is 2.31. The van der Waals surface area contributed by atoms with Gasteiger partial charge in [0.15, 0.2) is 0 Å². The van der Waals surface area contributed by atoms with Crippen LogP contribution in [-0.4, -0.2) is 5.66 Å². The zero-order valence-corrected chi connectivity index (χ0v) is 11.0. The van der Waals surface area contributed by atoms with Crippen molar-refractivity contribution in [2.24, 2.45) is 0 Å². The summed E-state index contributed by atoms with van der Waals surface area (Å²) in [7, 11) is -0.326. The van der Waals surface area contributed by atoms with Gasteiger partial charge in [-0.1, -0.05) is 85.0 Å². The van der Waals surface area contributed by atoms with Crippen molar-refractivity contribution in [3.8, 4) is 0 Å². The first kappa shape index (κ1) is 11.4. The van der Waals surface area contributed by atoms with Gasteiger partial charge in [0.2, 0.25) is 0 Å². The molecule has 1 heteroatoms. The number of allylic oxidation sites excluding steroid dienone is 4. The normalized spacial score (nSPS) is 14.5. The van der Waals surface area contributed by atoms with Crippen molar-refractivity contribution >= 4 is 18.5 Å². The molecule has 1 aliphatic carbocycles. The molecule has 3 rings (SSSR count). The summed E-state index contributed by atoms with van der Waals surface area (Å²) in [6, 6.07) is 21.7. The molecular weight excluding hydrogens is 235 g/mol. The van der Waals surface area contributed by atoms with E-state index in [0.717, 1.165) is 0 Å². The van der Waals surface area contributed by atoms with Crippen LogP contribution in [0.4, 0.5) is 0 Å². The molecule has 0 unspecified atom stereocenters. The fourth-order valence-electron chi connectivity index (χ4n) is 2.26. The van der Waals surface area contributed by atoms with Crippen LogP contribution in [0.5, 0.6) is 0 Å². The number of benzene rings is 2. The number of rotatable bonds is 3. The lowest BCUT2D eigenvalue weighted by atomic mass is 10.4. The van der Waals surface area contributed by atoms with Gasteiger partial charge in [0.1, 0.15) is 0 Å². The highest BCUT2D eigenvalue weighted by atomic mass is 31.1. The van der Waals surface area contributed by atoms with Crippen LogP contribution in [0, 0.1) is 0 Å². The molecule has 1 aliphatic rings. The Balaban J connectivity index is 2.04. The van der Waals surface area contributed by atoms with Gasteiger partial charge in [0, 0.05) is 5.66 Å². The molecule has 88 valence electrons. The molecule has 0 spiro atoms. The van der Waals surface area contributed by atoms with Crippen molar-refractivity contribution in [3.05, 3.63) is 85.0 Å². The first-order chi connectivity index (χ1) is 8.95. The summed E-state index contributed by atoms with van der Waals surface area (Å²) >= 11 is 0. The van der Waals surface area contributed by atoms with Gasteiger partial charge in [0.25, 0.3) is 0 Å². The van der Waals surface area contributed by atoms with Crippen molar-refractivity contribution in [3.63, 3.8) is 0 Å². The van der Waals surface area contributed by atoms with E-state index in [9.17, 15) is 0 Å². The monoisotopic (exact) mass is 250 g/mol. The summed E-state index contributed by atoms with van der Waals surface area (Å²) in [5, 5.41) is 2.89. The standard InChI is InChI=1S/C17H15P/c1-3-9-15(10-4-1)18(17-13-7-8-14-17)16-11-5-2-6-12-16/h1-14,17H. The molecule has 0 aromatic heterocycles. The van der Waals surface area contributed by atoms with E-state index in [-0.39, 0.29) is 7.92 Å². The highest BCUT2D eigenvalue weighted by Gasteiger charge is 2.21. The molecule has 18 heavy (non-hydrogen) atoms. The van der Waals surface area contributed by atoms with Crippen LogP contribution in [0.3, 0.4) is 0 Å². The maximum Gasteiger partial charge on any atom is 0.0237 e. The van der Waals surface area contributed by atoms with E-state index in [0.29, 0.717) is 5.66 Å². The Morgan fingerprint density at radius 1 is 0.611 bits per heavy atom.